The Morgan fingerprint density at radius 2 is 1.74 bits per heavy atom. The number of anilines is 1. The van der Waals surface area contributed by atoms with Crippen LogP contribution in [0, 0.1) is 20.8 Å². The van der Waals surface area contributed by atoms with E-state index in [1.807, 2.05) is 26.8 Å². The summed E-state index contributed by atoms with van der Waals surface area (Å²) in [6.45, 7) is 5.38. The number of nitrogens with zero attached hydrogens (tertiary/aromatic N) is 4. The lowest BCUT2D eigenvalue weighted by atomic mass is 10.2. The molecule has 0 bridgehead atoms. The normalized spacial score (nSPS) is 10.5. The molecule has 0 unspecified atom stereocenters. The van der Waals surface area contributed by atoms with Crippen LogP contribution < -0.4 is 10.1 Å². The van der Waals surface area contributed by atoms with Crippen LogP contribution in [0.5, 0.6) is 5.75 Å². The quantitative estimate of drug-likeness (QED) is 0.674. The SMILES string of the molecule is Cc1cc(C)nc(-n2nc(C)cc2NC(=O)COc2ccc(C=O)cc2)n1. The highest BCUT2D eigenvalue weighted by Gasteiger charge is 2.14. The number of aryl methyl sites for hydroxylation is 3. The molecule has 2 aromatic heterocycles. The summed E-state index contributed by atoms with van der Waals surface area (Å²) in [7, 11) is 0. The number of hydrogen-bond donors (Lipinski definition) is 1. The van der Waals surface area contributed by atoms with Gasteiger partial charge in [0.1, 0.15) is 17.9 Å². The minimum atomic E-state index is -0.347. The van der Waals surface area contributed by atoms with E-state index in [4.69, 9.17) is 4.74 Å². The van der Waals surface area contributed by atoms with Gasteiger partial charge in [-0.2, -0.15) is 9.78 Å². The highest BCUT2D eigenvalue weighted by molar-refractivity contribution is 5.91. The van der Waals surface area contributed by atoms with E-state index >= 15 is 0 Å². The summed E-state index contributed by atoms with van der Waals surface area (Å²) in [5.74, 6) is 1.00. The maximum Gasteiger partial charge on any atom is 0.263 e. The van der Waals surface area contributed by atoms with Gasteiger partial charge in [0.2, 0.25) is 0 Å². The molecule has 1 amide bonds. The maximum atomic E-state index is 12.3. The zero-order valence-corrected chi connectivity index (χ0v) is 15.3. The molecule has 3 rings (SSSR count). The Morgan fingerprint density at radius 1 is 1.07 bits per heavy atom. The number of benzene rings is 1. The fourth-order valence-corrected chi connectivity index (χ4v) is 2.51. The van der Waals surface area contributed by atoms with Gasteiger partial charge in [-0.3, -0.25) is 9.59 Å². The van der Waals surface area contributed by atoms with Crippen molar-refractivity contribution in [2.75, 3.05) is 11.9 Å². The van der Waals surface area contributed by atoms with E-state index in [0.29, 0.717) is 23.1 Å². The molecule has 0 aliphatic carbocycles. The van der Waals surface area contributed by atoms with Crippen molar-refractivity contribution in [1.29, 1.82) is 0 Å². The molecule has 3 aromatic rings. The molecule has 2 heterocycles. The fourth-order valence-electron chi connectivity index (χ4n) is 2.51. The predicted octanol–water partition coefficient (Wildman–Crippen LogP) is 2.42. The zero-order valence-electron chi connectivity index (χ0n) is 15.3. The van der Waals surface area contributed by atoms with Crippen molar-refractivity contribution in [2.45, 2.75) is 20.8 Å². The smallest absolute Gasteiger partial charge is 0.263 e. The largest absolute Gasteiger partial charge is 0.484 e. The van der Waals surface area contributed by atoms with Gasteiger partial charge in [-0.05, 0) is 51.1 Å². The van der Waals surface area contributed by atoms with E-state index < -0.39 is 0 Å². The van der Waals surface area contributed by atoms with Crippen molar-refractivity contribution in [2.24, 2.45) is 0 Å². The molecule has 0 saturated carbocycles. The van der Waals surface area contributed by atoms with Gasteiger partial charge >= 0.3 is 0 Å². The minimum absolute atomic E-state index is 0.182. The molecule has 1 aromatic carbocycles. The highest BCUT2D eigenvalue weighted by atomic mass is 16.5. The first-order valence-electron chi connectivity index (χ1n) is 8.32. The molecular weight excluding hydrogens is 346 g/mol. The van der Waals surface area contributed by atoms with E-state index in [2.05, 4.69) is 20.4 Å². The third kappa shape index (κ3) is 4.55. The number of aldehydes is 1. The van der Waals surface area contributed by atoms with Crippen LogP contribution in [0.4, 0.5) is 5.82 Å². The van der Waals surface area contributed by atoms with E-state index in [-0.39, 0.29) is 12.5 Å². The van der Waals surface area contributed by atoms with Crippen LogP contribution in [0.15, 0.2) is 36.4 Å². The number of ether oxygens (including phenoxy) is 1. The molecule has 138 valence electrons. The molecule has 0 saturated heterocycles. The van der Waals surface area contributed by atoms with Crippen LogP contribution in [0.2, 0.25) is 0 Å². The predicted molar refractivity (Wildman–Crippen MR) is 99.3 cm³/mol. The molecule has 8 heteroatoms. The van der Waals surface area contributed by atoms with Crippen LogP contribution in [0.1, 0.15) is 27.4 Å². The van der Waals surface area contributed by atoms with E-state index in [9.17, 15) is 9.59 Å². The van der Waals surface area contributed by atoms with Crippen molar-refractivity contribution in [3.8, 4) is 11.7 Å². The topological polar surface area (TPSA) is 99.0 Å². The lowest BCUT2D eigenvalue weighted by Gasteiger charge is -2.10. The van der Waals surface area contributed by atoms with Gasteiger partial charge in [0, 0.05) is 23.0 Å². The summed E-state index contributed by atoms with van der Waals surface area (Å²) < 4.78 is 6.93. The van der Waals surface area contributed by atoms with Gasteiger partial charge in [-0.1, -0.05) is 0 Å². The average molecular weight is 365 g/mol. The maximum absolute atomic E-state index is 12.3. The van der Waals surface area contributed by atoms with Crippen molar-refractivity contribution < 1.29 is 14.3 Å². The average Bonchev–Trinajstić information content (AvgIpc) is 3.00. The summed E-state index contributed by atoms with van der Waals surface area (Å²) in [6.07, 6.45) is 0.745. The van der Waals surface area contributed by atoms with Gasteiger partial charge < -0.3 is 10.1 Å². The molecular formula is C19H19N5O3. The van der Waals surface area contributed by atoms with Crippen LogP contribution >= 0.6 is 0 Å². The number of amides is 1. The molecule has 0 atom stereocenters. The molecule has 27 heavy (non-hydrogen) atoms. The number of aromatic nitrogens is 4. The second-order valence-electron chi connectivity index (χ2n) is 6.06. The lowest BCUT2D eigenvalue weighted by Crippen LogP contribution is -2.22. The summed E-state index contributed by atoms with van der Waals surface area (Å²) in [6, 6.07) is 10.1. The number of rotatable bonds is 6. The van der Waals surface area contributed by atoms with Crippen LogP contribution in [0.3, 0.4) is 0 Å². The van der Waals surface area contributed by atoms with Crippen LogP contribution in [0.25, 0.3) is 5.95 Å². The second-order valence-corrected chi connectivity index (χ2v) is 6.06. The molecule has 0 fully saturated rings. The van der Waals surface area contributed by atoms with Crippen molar-refractivity contribution in [1.82, 2.24) is 19.7 Å². The van der Waals surface area contributed by atoms with Gasteiger partial charge in [0.25, 0.3) is 11.9 Å². The Bertz CT molecular complexity index is 959. The Balaban J connectivity index is 1.71. The first-order chi connectivity index (χ1) is 12.9. The fraction of sp³-hybridized carbons (Fsp3) is 0.211. The molecule has 0 radical (unpaired) electrons. The van der Waals surface area contributed by atoms with E-state index in [1.54, 1.807) is 30.3 Å². The van der Waals surface area contributed by atoms with Crippen molar-refractivity contribution >= 4 is 18.0 Å². The molecule has 0 spiro atoms. The number of carbonyl (C=O) groups excluding carboxylic acids is 2. The third-order valence-corrected chi connectivity index (χ3v) is 3.65. The van der Waals surface area contributed by atoms with Gasteiger partial charge in [0.05, 0.1) is 5.69 Å². The number of hydrogen-bond acceptors (Lipinski definition) is 6. The Labute approximate surface area is 156 Å². The Kier molecular flexibility index (Phi) is 5.25. The molecule has 0 aliphatic heterocycles. The van der Waals surface area contributed by atoms with Crippen molar-refractivity contribution in [3.63, 3.8) is 0 Å². The summed E-state index contributed by atoms with van der Waals surface area (Å²) >= 11 is 0. The summed E-state index contributed by atoms with van der Waals surface area (Å²) in [5.41, 5.74) is 2.88. The summed E-state index contributed by atoms with van der Waals surface area (Å²) in [4.78, 5) is 31.7. The standard InChI is InChI=1S/C19H19N5O3/c1-12-8-13(2)21-19(20-12)24-17(9-14(3)23-24)22-18(26)11-27-16-6-4-15(10-25)5-7-16/h4-10H,11H2,1-3H3,(H,22,26). The second kappa shape index (κ2) is 7.77. The molecule has 1 N–H and O–H groups in total. The van der Waals surface area contributed by atoms with Crippen molar-refractivity contribution in [3.05, 3.63) is 59.0 Å². The first kappa shape index (κ1) is 18.2. The monoisotopic (exact) mass is 365 g/mol. The molecule has 0 aliphatic rings. The minimum Gasteiger partial charge on any atom is -0.484 e. The Morgan fingerprint density at radius 3 is 2.37 bits per heavy atom. The summed E-state index contributed by atoms with van der Waals surface area (Å²) in [5, 5.41) is 7.12. The van der Waals surface area contributed by atoms with Gasteiger partial charge in [-0.25, -0.2) is 9.97 Å². The van der Waals surface area contributed by atoms with E-state index in [0.717, 1.165) is 23.4 Å². The lowest BCUT2D eigenvalue weighted by molar-refractivity contribution is -0.118. The van der Waals surface area contributed by atoms with Gasteiger partial charge in [-0.15, -0.1) is 0 Å². The van der Waals surface area contributed by atoms with Crippen LogP contribution in [-0.2, 0) is 4.79 Å². The first-order valence-corrected chi connectivity index (χ1v) is 8.32. The molecule has 8 nitrogen and oxygen atoms in total. The number of nitrogens with one attached hydrogen (secondary N) is 1. The third-order valence-electron chi connectivity index (χ3n) is 3.65. The van der Waals surface area contributed by atoms with Gasteiger partial charge in [0.15, 0.2) is 6.61 Å². The zero-order chi connectivity index (χ0) is 19.4. The van der Waals surface area contributed by atoms with E-state index in [1.165, 1.54) is 4.68 Å². The highest BCUT2D eigenvalue weighted by Crippen LogP contribution is 2.16. The Hall–Kier alpha value is -3.55. The number of carbonyl (C=O) groups is 2. The van der Waals surface area contributed by atoms with Crippen LogP contribution in [-0.4, -0.2) is 38.5 Å².